The largest absolute Gasteiger partial charge is 0.0602 e. The SMILES string of the molecule is c1ccc(N(c2ccccc2)c2ccc(-c3ccc(N(c4ccc(-c5ccc(N(c6ccccc6)c6ccccc6)cc5)cc4)c4ccc(-c5ccc6[se]c7ccccc7c6c5)cc4)cc3)cc2)cc1.c1ccc(N(c2ccccc2)c2ccc(-c3ccc(N(c4ccc(-c5ccc(N(c6ccccc6)c6ccccc6)cc5)cc4)c4ccc(-c5cccc6c5[se]c5ccccc56)cc4)cc3)cc2)cc1. The first kappa shape index (κ1) is 86.8. The van der Waals surface area contributed by atoms with E-state index in [1.807, 2.05) is 0 Å². The van der Waals surface area contributed by atoms with Crippen molar-refractivity contribution in [2.45, 2.75) is 0 Å². The molecule has 0 bridgehead atoms. The van der Waals surface area contributed by atoms with Gasteiger partial charge in [0.05, 0.1) is 0 Å². The maximum atomic E-state index is 2.38. The van der Waals surface area contributed by atoms with Crippen LogP contribution in [0.5, 0.6) is 0 Å². The summed E-state index contributed by atoms with van der Waals surface area (Å²) in [6, 6.07) is 206. The molecule has 0 aliphatic carbocycles. The second-order valence-electron chi connectivity index (χ2n) is 34.8. The summed E-state index contributed by atoms with van der Waals surface area (Å²) in [6.07, 6.45) is 0. The monoisotopic (exact) mass is 1920 g/mol. The van der Waals surface area contributed by atoms with E-state index in [1.165, 1.54) is 60.8 Å². The fourth-order valence-corrected chi connectivity index (χ4v) is 24.1. The molecule has 0 unspecified atom stereocenters. The average Bonchev–Trinajstić information content (AvgIpc) is 1.59. The Morgan fingerprint density at radius 1 is 0.107 bits per heavy atom. The van der Waals surface area contributed by atoms with Crippen LogP contribution in [0, 0.1) is 0 Å². The van der Waals surface area contributed by atoms with Gasteiger partial charge in [0.25, 0.3) is 0 Å². The number of anilines is 18. The molecule has 0 amide bonds. The Balaban J connectivity index is 0.000000156. The summed E-state index contributed by atoms with van der Waals surface area (Å²) < 4.78 is 5.85. The third kappa shape index (κ3) is 18.3. The Hall–Kier alpha value is -17.3. The fourth-order valence-electron chi connectivity index (χ4n) is 19.2. The summed E-state index contributed by atoms with van der Waals surface area (Å²) in [5.74, 6) is 0. The van der Waals surface area contributed by atoms with E-state index in [0.717, 1.165) is 147 Å². The smallest absolute Gasteiger partial charge is 0.0374 e. The molecule has 24 rings (SSSR count). The van der Waals surface area contributed by atoms with E-state index in [2.05, 4.69) is 600 Å². The van der Waals surface area contributed by atoms with Crippen LogP contribution in [0.2, 0.25) is 0 Å². The molecule has 24 aromatic rings. The minimum absolute atomic E-state index is 0.268. The van der Waals surface area contributed by atoms with Crippen molar-refractivity contribution in [2.24, 2.45) is 0 Å². The number of benzene rings is 22. The van der Waals surface area contributed by atoms with Gasteiger partial charge >= 0.3 is 387 Å². The summed E-state index contributed by atoms with van der Waals surface area (Å²) in [4.78, 5) is 13.9. The molecule has 0 atom stereocenters. The van der Waals surface area contributed by atoms with Crippen molar-refractivity contribution >= 4 is 170 Å². The molecule has 0 saturated heterocycles. The molecular weight excluding hydrogens is 1830 g/mol. The molecule has 6 nitrogen and oxygen atoms in total. The Morgan fingerprint density at radius 3 is 0.521 bits per heavy atom. The Bertz CT molecular complexity index is 7790. The standard InChI is InChI=1S/2C66H47N3Se/c1-5-16-53(17-6-1)67(54-18-7-2-8-19-54)57-38-28-48(29-39-57)50-32-42-59(43-33-50)69(61-46-36-52(37-47-61)62-25-15-26-64-63-24-13-14-27-65(63)70-66(62)64)60-44-34-51(35-45-60)49-30-40-58(41-31-49)68(55-20-9-3-10-21-55)56-22-11-4-12-23-56;1-5-15-54(16-6-1)67(55-17-7-2-8-18-55)58-36-25-48(26-37-58)50-29-40-60(41-30-50)69(62-44-33-52(34-45-62)53-35-46-66-64(47-53)63-23-13-14-24-65(63)70-66)61-42-31-51(32-43-61)49-27-38-59(39-28-49)68(56-19-9-3-10-20-56)57-21-11-4-12-22-57/h2*1-47H. The first-order valence-electron chi connectivity index (χ1n) is 47.5. The quantitative estimate of drug-likeness (QED) is 0.0558. The van der Waals surface area contributed by atoms with Gasteiger partial charge in [0, 0.05) is 68.2 Å². The molecule has 664 valence electrons. The number of para-hydroxylation sites is 8. The van der Waals surface area contributed by atoms with Gasteiger partial charge < -0.3 is 19.6 Å². The van der Waals surface area contributed by atoms with Gasteiger partial charge in [-0.1, -0.05) is 194 Å². The van der Waals surface area contributed by atoms with E-state index >= 15 is 0 Å². The normalized spacial score (nSPS) is 11.1. The number of hydrogen-bond donors (Lipinski definition) is 0. The molecule has 8 heteroatoms. The molecule has 0 fully saturated rings. The molecule has 0 saturated carbocycles. The topological polar surface area (TPSA) is 19.4 Å². The van der Waals surface area contributed by atoms with Crippen molar-refractivity contribution in [2.75, 3.05) is 29.4 Å². The van der Waals surface area contributed by atoms with Crippen LogP contribution in [0.15, 0.2) is 570 Å². The van der Waals surface area contributed by atoms with E-state index in [1.54, 1.807) is 0 Å². The first-order valence-corrected chi connectivity index (χ1v) is 50.9. The average molecular weight is 1920 g/mol. The van der Waals surface area contributed by atoms with Crippen LogP contribution in [-0.4, -0.2) is 29.0 Å². The first-order chi connectivity index (χ1) is 69.4. The van der Waals surface area contributed by atoms with Gasteiger partial charge in [-0.2, -0.15) is 0 Å². The van der Waals surface area contributed by atoms with Crippen LogP contribution in [0.25, 0.3) is 105 Å². The molecule has 0 aliphatic rings. The summed E-state index contributed by atoms with van der Waals surface area (Å²) in [5, 5.41) is 5.50. The van der Waals surface area contributed by atoms with Gasteiger partial charge in [0.15, 0.2) is 0 Å². The minimum atomic E-state index is 0.268. The van der Waals surface area contributed by atoms with Crippen molar-refractivity contribution < 1.29 is 0 Å². The van der Waals surface area contributed by atoms with Crippen LogP contribution in [0.1, 0.15) is 0 Å². The fraction of sp³-hybridized carbons (Fsp3) is 0. The molecule has 0 aliphatic heterocycles. The van der Waals surface area contributed by atoms with E-state index < -0.39 is 0 Å². The Labute approximate surface area is 829 Å². The molecule has 0 N–H and O–H groups in total. The second kappa shape index (κ2) is 39.9. The van der Waals surface area contributed by atoms with Crippen LogP contribution in [-0.2, 0) is 0 Å². The molecule has 22 aromatic carbocycles. The van der Waals surface area contributed by atoms with Gasteiger partial charge in [0.2, 0.25) is 0 Å². The summed E-state index contributed by atoms with van der Waals surface area (Å²) in [5.41, 5.74) is 34.3. The summed E-state index contributed by atoms with van der Waals surface area (Å²) in [7, 11) is 0. The van der Waals surface area contributed by atoms with Crippen molar-refractivity contribution in [1.29, 1.82) is 0 Å². The van der Waals surface area contributed by atoms with Crippen molar-refractivity contribution in [3.63, 3.8) is 0 Å². The number of hydrogen-bond acceptors (Lipinski definition) is 6. The third-order valence-corrected chi connectivity index (χ3v) is 31.1. The van der Waals surface area contributed by atoms with Crippen LogP contribution in [0.3, 0.4) is 0 Å². The number of fused-ring (bicyclic) bond motifs is 6. The van der Waals surface area contributed by atoms with Gasteiger partial charge in [-0.25, -0.2) is 0 Å². The maximum absolute atomic E-state index is 2.38. The predicted molar refractivity (Wildman–Crippen MR) is 598 cm³/mol. The molecule has 0 spiro atoms. The number of rotatable bonds is 24. The van der Waals surface area contributed by atoms with Crippen LogP contribution >= 0.6 is 0 Å². The van der Waals surface area contributed by atoms with Crippen molar-refractivity contribution in [3.05, 3.63) is 570 Å². The maximum Gasteiger partial charge on any atom is -0.0374 e. The predicted octanol–water partition coefficient (Wildman–Crippen LogP) is 36.9. The summed E-state index contributed by atoms with van der Waals surface area (Å²) >= 11 is 0.619. The van der Waals surface area contributed by atoms with Crippen LogP contribution in [0.4, 0.5) is 102 Å². The van der Waals surface area contributed by atoms with Crippen molar-refractivity contribution in [3.8, 4) is 66.8 Å². The van der Waals surface area contributed by atoms with E-state index in [0.29, 0.717) is 14.5 Å². The molecular formula is C132H94N6Se2. The zero-order valence-electron chi connectivity index (χ0n) is 76.8. The van der Waals surface area contributed by atoms with Gasteiger partial charge in [-0.05, 0) is 168 Å². The van der Waals surface area contributed by atoms with E-state index in [9.17, 15) is 0 Å². The molecule has 2 aromatic heterocycles. The van der Waals surface area contributed by atoms with Gasteiger partial charge in [0.1, 0.15) is 0 Å². The number of nitrogens with zero attached hydrogens (tertiary/aromatic N) is 6. The third-order valence-electron chi connectivity index (χ3n) is 26.1. The zero-order chi connectivity index (χ0) is 93.3. The molecule has 140 heavy (non-hydrogen) atoms. The van der Waals surface area contributed by atoms with Gasteiger partial charge in [-0.15, -0.1) is 0 Å². The summed E-state index contributed by atoms with van der Waals surface area (Å²) in [6.45, 7) is 0. The van der Waals surface area contributed by atoms with Gasteiger partial charge in [-0.3, -0.25) is 0 Å². The van der Waals surface area contributed by atoms with E-state index in [4.69, 9.17) is 0 Å². The minimum Gasteiger partial charge on any atom is -0.0602 e. The Kier molecular flexibility index (Phi) is 24.7. The van der Waals surface area contributed by atoms with E-state index in [-0.39, 0.29) is 14.5 Å². The molecule has 2 heterocycles. The molecule has 0 radical (unpaired) electrons. The van der Waals surface area contributed by atoms with Crippen molar-refractivity contribution in [1.82, 2.24) is 0 Å². The zero-order valence-corrected chi connectivity index (χ0v) is 80.2. The Morgan fingerprint density at radius 2 is 0.279 bits per heavy atom. The van der Waals surface area contributed by atoms with Crippen LogP contribution < -0.4 is 29.4 Å². The second-order valence-corrected chi connectivity index (χ2v) is 39.2.